The summed E-state index contributed by atoms with van der Waals surface area (Å²) in [5.74, 6) is 2.40. The minimum absolute atomic E-state index is 0.512. The predicted octanol–water partition coefficient (Wildman–Crippen LogP) is 4.25. The Bertz CT molecular complexity index is 661. The summed E-state index contributed by atoms with van der Waals surface area (Å²) < 4.78 is 0. The molecule has 2 bridgehead atoms. The highest BCUT2D eigenvalue weighted by molar-refractivity contribution is 5.81. The van der Waals surface area contributed by atoms with Crippen LogP contribution >= 0.6 is 0 Å². The third-order valence-corrected chi connectivity index (χ3v) is 4.96. The number of para-hydroxylation sites is 1. The first kappa shape index (κ1) is 12.0. The van der Waals surface area contributed by atoms with E-state index in [0.29, 0.717) is 6.04 Å². The Morgan fingerprint density at radius 1 is 1.20 bits per heavy atom. The highest BCUT2D eigenvalue weighted by Crippen LogP contribution is 2.45. The van der Waals surface area contributed by atoms with Crippen LogP contribution in [0.3, 0.4) is 0 Å². The number of hydrogen-bond donors (Lipinski definition) is 1. The molecule has 4 atom stereocenters. The Balaban J connectivity index is 1.53. The predicted molar refractivity (Wildman–Crippen MR) is 83.7 cm³/mol. The number of pyridine rings is 1. The van der Waals surface area contributed by atoms with Crippen molar-refractivity contribution in [3.63, 3.8) is 0 Å². The van der Waals surface area contributed by atoms with Crippen molar-refractivity contribution in [2.75, 3.05) is 5.32 Å². The normalized spacial score (nSPS) is 28.9. The van der Waals surface area contributed by atoms with Crippen LogP contribution in [-0.4, -0.2) is 11.0 Å². The van der Waals surface area contributed by atoms with Crippen LogP contribution in [0, 0.1) is 17.8 Å². The maximum Gasteiger partial charge on any atom is 0.0703 e. The van der Waals surface area contributed by atoms with Crippen molar-refractivity contribution in [3.05, 3.63) is 48.7 Å². The summed E-state index contributed by atoms with van der Waals surface area (Å²) in [4.78, 5) is 4.53. The Hall–Kier alpha value is -1.83. The molecule has 2 aromatic rings. The average Bonchev–Trinajstić information content (AvgIpc) is 3.10. The molecule has 1 saturated carbocycles. The van der Waals surface area contributed by atoms with E-state index in [9.17, 15) is 0 Å². The minimum Gasteiger partial charge on any atom is -0.381 e. The van der Waals surface area contributed by atoms with Gasteiger partial charge in [-0.2, -0.15) is 0 Å². The van der Waals surface area contributed by atoms with Gasteiger partial charge in [0.2, 0.25) is 0 Å². The molecule has 4 rings (SSSR count). The van der Waals surface area contributed by atoms with Gasteiger partial charge in [0.1, 0.15) is 0 Å². The Morgan fingerprint density at radius 2 is 2.10 bits per heavy atom. The van der Waals surface area contributed by atoms with E-state index in [1.54, 1.807) is 0 Å². The molecule has 1 N–H and O–H groups in total. The summed E-state index contributed by atoms with van der Waals surface area (Å²) in [6.07, 6.45) is 9.51. The van der Waals surface area contributed by atoms with Crippen molar-refractivity contribution in [2.45, 2.75) is 25.8 Å². The topological polar surface area (TPSA) is 24.9 Å². The van der Waals surface area contributed by atoms with Gasteiger partial charge >= 0.3 is 0 Å². The van der Waals surface area contributed by atoms with E-state index in [-0.39, 0.29) is 0 Å². The molecule has 4 unspecified atom stereocenters. The second kappa shape index (κ2) is 4.62. The number of rotatable bonds is 3. The molecule has 2 aliphatic carbocycles. The molecule has 102 valence electrons. The van der Waals surface area contributed by atoms with E-state index in [0.717, 1.165) is 29.0 Å². The molecular weight excluding hydrogens is 244 g/mol. The van der Waals surface area contributed by atoms with E-state index in [1.807, 2.05) is 12.3 Å². The number of anilines is 1. The molecule has 1 heterocycles. The fourth-order valence-electron chi connectivity index (χ4n) is 3.92. The van der Waals surface area contributed by atoms with E-state index in [1.165, 1.54) is 18.2 Å². The second-order valence-electron chi connectivity index (χ2n) is 6.29. The van der Waals surface area contributed by atoms with Crippen LogP contribution in [0.5, 0.6) is 0 Å². The first-order valence-electron chi connectivity index (χ1n) is 7.59. The molecule has 1 aromatic heterocycles. The third kappa shape index (κ3) is 2.00. The van der Waals surface area contributed by atoms with Crippen molar-refractivity contribution < 1.29 is 0 Å². The minimum atomic E-state index is 0.512. The fourth-order valence-corrected chi connectivity index (χ4v) is 3.92. The summed E-state index contributed by atoms with van der Waals surface area (Å²) in [7, 11) is 0. The van der Waals surface area contributed by atoms with Crippen LogP contribution in [0.25, 0.3) is 10.9 Å². The molecule has 1 fully saturated rings. The van der Waals surface area contributed by atoms with Gasteiger partial charge in [0.05, 0.1) is 17.4 Å². The zero-order chi connectivity index (χ0) is 13.5. The summed E-state index contributed by atoms with van der Waals surface area (Å²) in [6.45, 7) is 2.31. The lowest BCUT2D eigenvalue weighted by Gasteiger charge is -2.27. The summed E-state index contributed by atoms with van der Waals surface area (Å²) in [6, 6.07) is 11.0. The molecule has 2 aliphatic rings. The van der Waals surface area contributed by atoms with Crippen LogP contribution in [0.1, 0.15) is 19.8 Å². The smallest absolute Gasteiger partial charge is 0.0703 e. The molecule has 1 aromatic carbocycles. The molecule has 0 saturated heterocycles. The average molecular weight is 264 g/mol. The molecule has 2 heteroatoms. The number of aromatic nitrogens is 1. The zero-order valence-electron chi connectivity index (χ0n) is 11.8. The van der Waals surface area contributed by atoms with E-state index >= 15 is 0 Å². The molecular formula is C18H20N2. The quantitative estimate of drug-likeness (QED) is 0.838. The lowest BCUT2D eigenvalue weighted by molar-refractivity contribution is 0.400. The van der Waals surface area contributed by atoms with Gasteiger partial charge in [-0.15, -0.1) is 0 Å². The molecule has 2 nitrogen and oxygen atoms in total. The van der Waals surface area contributed by atoms with Gasteiger partial charge in [-0.05, 0) is 49.7 Å². The molecule has 20 heavy (non-hydrogen) atoms. The standard InChI is InChI=1S/C18H20N2/c1-12(17-9-13-6-7-14(17)8-13)20-16-10-15-4-2-3-5-18(15)19-11-16/h2-7,10-14,17,20H,8-9H2,1H3. The molecule has 0 aliphatic heterocycles. The number of benzene rings is 1. The summed E-state index contributed by atoms with van der Waals surface area (Å²) in [5.41, 5.74) is 2.21. The number of nitrogens with one attached hydrogen (secondary N) is 1. The number of hydrogen-bond acceptors (Lipinski definition) is 2. The lowest BCUT2D eigenvalue weighted by Crippen LogP contribution is -2.28. The van der Waals surface area contributed by atoms with Gasteiger partial charge in [0.25, 0.3) is 0 Å². The highest BCUT2D eigenvalue weighted by atomic mass is 14.9. The molecule has 0 spiro atoms. The number of fused-ring (bicyclic) bond motifs is 3. The maximum absolute atomic E-state index is 4.53. The van der Waals surface area contributed by atoms with Crippen LogP contribution in [0.2, 0.25) is 0 Å². The number of allylic oxidation sites excluding steroid dienone is 2. The van der Waals surface area contributed by atoms with Crippen molar-refractivity contribution in [2.24, 2.45) is 17.8 Å². The fraction of sp³-hybridized carbons (Fsp3) is 0.389. The Morgan fingerprint density at radius 3 is 2.90 bits per heavy atom. The number of nitrogens with zero attached hydrogens (tertiary/aromatic N) is 1. The van der Waals surface area contributed by atoms with Crippen molar-refractivity contribution >= 4 is 16.6 Å². The Labute approximate surface area is 119 Å². The van der Waals surface area contributed by atoms with Gasteiger partial charge in [0, 0.05) is 11.4 Å². The first-order chi connectivity index (χ1) is 9.79. The largest absolute Gasteiger partial charge is 0.381 e. The maximum atomic E-state index is 4.53. The first-order valence-corrected chi connectivity index (χ1v) is 7.59. The monoisotopic (exact) mass is 264 g/mol. The van der Waals surface area contributed by atoms with E-state index in [4.69, 9.17) is 0 Å². The van der Waals surface area contributed by atoms with Crippen LogP contribution < -0.4 is 5.32 Å². The van der Waals surface area contributed by atoms with Gasteiger partial charge in [-0.3, -0.25) is 4.98 Å². The van der Waals surface area contributed by atoms with Gasteiger partial charge in [0.15, 0.2) is 0 Å². The Kier molecular flexibility index (Phi) is 2.76. The third-order valence-electron chi connectivity index (χ3n) is 4.96. The molecule has 0 amide bonds. The van der Waals surface area contributed by atoms with Crippen LogP contribution in [0.4, 0.5) is 5.69 Å². The SMILES string of the molecule is CC(Nc1cnc2ccccc2c1)C1CC2C=CC1C2. The van der Waals surface area contributed by atoms with Crippen molar-refractivity contribution in [3.8, 4) is 0 Å². The van der Waals surface area contributed by atoms with Crippen molar-refractivity contribution in [1.29, 1.82) is 0 Å². The molecule has 0 radical (unpaired) electrons. The van der Waals surface area contributed by atoms with Gasteiger partial charge in [-0.1, -0.05) is 30.4 Å². The van der Waals surface area contributed by atoms with Crippen molar-refractivity contribution in [1.82, 2.24) is 4.98 Å². The summed E-state index contributed by atoms with van der Waals surface area (Å²) in [5, 5.41) is 4.87. The van der Waals surface area contributed by atoms with E-state index < -0.39 is 0 Å². The van der Waals surface area contributed by atoms with Crippen LogP contribution in [0.15, 0.2) is 48.7 Å². The zero-order valence-corrected chi connectivity index (χ0v) is 11.8. The van der Waals surface area contributed by atoms with Gasteiger partial charge < -0.3 is 5.32 Å². The second-order valence-corrected chi connectivity index (χ2v) is 6.29. The van der Waals surface area contributed by atoms with Gasteiger partial charge in [-0.25, -0.2) is 0 Å². The summed E-state index contributed by atoms with van der Waals surface area (Å²) >= 11 is 0. The van der Waals surface area contributed by atoms with E-state index in [2.05, 4.69) is 53.6 Å². The highest BCUT2D eigenvalue weighted by Gasteiger charge is 2.38. The van der Waals surface area contributed by atoms with Crippen LogP contribution in [-0.2, 0) is 0 Å². The lowest BCUT2D eigenvalue weighted by atomic mass is 9.87.